The summed E-state index contributed by atoms with van der Waals surface area (Å²) in [6.45, 7) is 0. The standard InChI is InChI=1S/C15H18N2O2S2/c18-13-4-2-1-3-12(13)17-14(19)7-11-9-21-15(16-11)10-5-6-20-8-10/h5-6,8-9,12-13,18H,1-4,7H2,(H,17,19)/t12-,13-/m1/s1. The van der Waals surface area contributed by atoms with Crippen LogP contribution in [0.25, 0.3) is 10.6 Å². The van der Waals surface area contributed by atoms with E-state index in [1.54, 1.807) is 22.7 Å². The maximum atomic E-state index is 12.1. The molecular weight excluding hydrogens is 304 g/mol. The van der Waals surface area contributed by atoms with Gasteiger partial charge in [-0.1, -0.05) is 12.8 Å². The summed E-state index contributed by atoms with van der Waals surface area (Å²) in [5.74, 6) is -0.0527. The van der Waals surface area contributed by atoms with E-state index in [4.69, 9.17) is 0 Å². The van der Waals surface area contributed by atoms with E-state index >= 15 is 0 Å². The molecule has 0 aliphatic heterocycles. The number of amides is 1. The molecule has 0 spiro atoms. The van der Waals surface area contributed by atoms with E-state index in [0.29, 0.717) is 0 Å². The van der Waals surface area contributed by atoms with Crippen molar-refractivity contribution in [2.24, 2.45) is 0 Å². The zero-order valence-electron chi connectivity index (χ0n) is 11.6. The Bertz CT molecular complexity index is 595. The maximum absolute atomic E-state index is 12.1. The minimum atomic E-state index is -0.403. The third-order valence-electron chi connectivity index (χ3n) is 3.74. The fourth-order valence-electron chi connectivity index (χ4n) is 2.61. The van der Waals surface area contributed by atoms with E-state index in [0.717, 1.165) is 41.9 Å². The molecule has 0 radical (unpaired) electrons. The van der Waals surface area contributed by atoms with E-state index < -0.39 is 6.10 Å². The third kappa shape index (κ3) is 3.70. The smallest absolute Gasteiger partial charge is 0.226 e. The van der Waals surface area contributed by atoms with Crippen molar-refractivity contribution >= 4 is 28.6 Å². The lowest BCUT2D eigenvalue weighted by Gasteiger charge is -2.28. The van der Waals surface area contributed by atoms with Crippen LogP contribution < -0.4 is 5.32 Å². The number of aliphatic hydroxyl groups excluding tert-OH is 1. The first-order valence-electron chi connectivity index (χ1n) is 7.17. The molecule has 2 aromatic rings. The van der Waals surface area contributed by atoms with Gasteiger partial charge in [0.1, 0.15) is 5.01 Å². The summed E-state index contributed by atoms with van der Waals surface area (Å²) < 4.78 is 0. The Labute approximate surface area is 131 Å². The highest BCUT2D eigenvalue weighted by Gasteiger charge is 2.24. The lowest BCUT2D eigenvalue weighted by molar-refractivity contribution is -0.122. The van der Waals surface area contributed by atoms with Gasteiger partial charge >= 0.3 is 0 Å². The van der Waals surface area contributed by atoms with E-state index in [2.05, 4.69) is 15.7 Å². The number of aliphatic hydroxyl groups is 1. The lowest BCUT2D eigenvalue weighted by atomic mass is 9.92. The second-order valence-corrected chi connectivity index (χ2v) is 7.00. The molecule has 0 bridgehead atoms. The molecule has 2 aromatic heterocycles. The zero-order valence-corrected chi connectivity index (χ0v) is 13.3. The Balaban J connectivity index is 1.57. The van der Waals surface area contributed by atoms with Crippen LogP contribution in [0.15, 0.2) is 22.2 Å². The Morgan fingerprint density at radius 3 is 3.00 bits per heavy atom. The summed E-state index contributed by atoms with van der Waals surface area (Å²) in [4.78, 5) is 16.6. The summed E-state index contributed by atoms with van der Waals surface area (Å²) in [6.07, 6.45) is 3.64. The van der Waals surface area contributed by atoms with Crippen LogP contribution in [0.2, 0.25) is 0 Å². The summed E-state index contributed by atoms with van der Waals surface area (Å²) in [6, 6.07) is 1.94. The molecule has 1 saturated carbocycles. The van der Waals surface area contributed by atoms with Gasteiger partial charge in [-0.2, -0.15) is 11.3 Å². The SMILES string of the molecule is O=C(Cc1csc(-c2ccsc2)n1)N[C@@H]1CCCC[C@H]1O. The molecule has 1 amide bonds. The first-order chi connectivity index (χ1) is 10.2. The van der Waals surface area contributed by atoms with Crippen molar-refractivity contribution in [3.63, 3.8) is 0 Å². The molecule has 0 aromatic carbocycles. The third-order valence-corrected chi connectivity index (χ3v) is 5.36. The van der Waals surface area contributed by atoms with Gasteiger partial charge in [-0.25, -0.2) is 4.98 Å². The average molecular weight is 322 g/mol. The highest BCUT2D eigenvalue weighted by Crippen LogP contribution is 2.26. The van der Waals surface area contributed by atoms with Gasteiger partial charge in [0.15, 0.2) is 0 Å². The van der Waals surface area contributed by atoms with Crippen LogP contribution in [0, 0.1) is 0 Å². The van der Waals surface area contributed by atoms with Crippen molar-refractivity contribution in [2.75, 3.05) is 0 Å². The van der Waals surface area contributed by atoms with Gasteiger partial charge in [0.05, 0.1) is 24.3 Å². The van der Waals surface area contributed by atoms with Crippen LogP contribution >= 0.6 is 22.7 Å². The number of hydrogen-bond acceptors (Lipinski definition) is 5. The highest BCUT2D eigenvalue weighted by molar-refractivity contribution is 7.14. The van der Waals surface area contributed by atoms with Crippen LogP contribution in [-0.4, -0.2) is 28.1 Å². The van der Waals surface area contributed by atoms with Crippen molar-refractivity contribution in [1.29, 1.82) is 0 Å². The number of thiophene rings is 1. The molecule has 21 heavy (non-hydrogen) atoms. The van der Waals surface area contributed by atoms with Gasteiger partial charge in [0, 0.05) is 16.3 Å². The topological polar surface area (TPSA) is 62.2 Å². The first-order valence-corrected chi connectivity index (χ1v) is 8.99. The van der Waals surface area contributed by atoms with Gasteiger partial charge in [-0.05, 0) is 24.3 Å². The number of nitrogens with zero attached hydrogens (tertiary/aromatic N) is 1. The largest absolute Gasteiger partial charge is 0.391 e. The van der Waals surface area contributed by atoms with E-state index in [1.165, 1.54) is 0 Å². The fraction of sp³-hybridized carbons (Fsp3) is 0.467. The van der Waals surface area contributed by atoms with E-state index in [1.807, 2.05) is 16.8 Å². The van der Waals surface area contributed by atoms with Gasteiger partial charge in [-0.3, -0.25) is 4.79 Å². The average Bonchev–Trinajstić information content (AvgIpc) is 3.12. The van der Waals surface area contributed by atoms with Crippen molar-refractivity contribution in [1.82, 2.24) is 10.3 Å². The molecule has 1 aliphatic carbocycles. The van der Waals surface area contributed by atoms with Crippen molar-refractivity contribution in [3.8, 4) is 10.6 Å². The van der Waals surface area contributed by atoms with Crippen LogP contribution in [0.4, 0.5) is 0 Å². The van der Waals surface area contributed by atoms with Crippen LogP contribution in [0.1, 0.15) is 31.4 Å². The molecule has 3 rings (SSSR count). The number of hydrogen-bond donors (Lipinski definition) is 2. The molecule has 112 valence electrons. The Kier molecular flexibility index (Phi) is 4.67. The van der Waals surface area contributed by atoms with Gasteiger partial charge in [-0.15, -0.1) is 11.3 Å². The number of thiazole rings is 1. The molecule has 4 nitrogen and oxygen atoms in total. The van der Waals surface area contributed by atoms with Crippen molar-refractivity contribution in [3.05, 3.63) is 27.9 Å². The minimum absolute atomic E-state index is 0.0527. The Morgan fingerprint density at radius 1 is 1.38 bits per heavy atom. The van der Waals surface area contributed by atoms with Gasteiger partial charge < -0.3 is 10.4 Å². The van der Waals surface area contributed by atoms with Crippen molar-refractivity contribution in [2.45, 2.75) is 44.2 Å². The van der Waals surface area contributed by atoms with Gasteiger partial charge in [0.25, 0.3) is 0 Å². The molecule has 2 N–H and O–H groups in total. The summed E-state index contributed by atoms with van der Waals surface area (Å²) in [5, 5.41) is 19.8. The molecule has 2 heterocycles. The number of rotatable bonds is 4. The van der Waals surface area contributed by atoms with Crippen LogP contribution in [-0.2, 0) is 11.2 Å². The molecule has 0 saturated heterocycles. The lowest BCUT2D eigenvalue weighted by Crippen LogP contribution is -2.45. The molecule has 2 atom stereocenters. The maximum Gasteiger partial charge on any atom is 0.226 e. The summed E-state index contributed by atoms with van der Waals surface area (Å²) in [5.41, 5.74) is 1.91. The van der Waals surface area contributed by atoms with Gasteiger partial charge in [0.2, 0.25) is 5.91 Å². The highest BCUT2D eigenvalue weighted by atomic mass is 32.1. The first kappa shape index (κ1) is 14.7. The monoisotopic (exact) mass is 322 g/mol. The van der Waals surface area contributed by atoms with Crippen LogP contribution in [0.5, 0.6) is 0 Å². The fourth-order valence-corrected chi connectivity index (χ4v) is 4.14. The molecule has 0 unspecified atom stereocenters. The Morgan fingerprint density at radius 2 is 2.24 bits per heavy atom. The summed E-state index contributed by atoms with van der Waals surface area (Å²) in [7, 11) is 0. The quantitative estimate of drug-likeness (QED) is 0.910. The molecular formula is C15H18N2O2S2. The second-order valence-electron chi connectivity index (χ2n) is 5.36. The molecule has 1 aliphatic rings. The minimum Gasteiger partial charge on any atom is -0.391 e. The number of aromatic nitrogens is 1. The van der Waals surface area contributed by atoms with Crippen LogP contribution in [0.3, 0.4) is 0 Å². The predicted molar refractivity (Wildman–Crippen MR) is 85.5 cm³/mol. The zero-order chi connectivity index (χ0) is 14.7. The Hall–Kier alpha value is -1.24. The number of carbonyl (C=O) groups excluding carboxylic acids is 1. The second kappa shape index (κ2) is 6.68. The van der Waals surface area contributed by atoms with E-state index in [-0.39, 0.29) is 18.4 Å². The molecule has 1 fully saturated rings. The predicted octanol–water partition coefficient (Wildman–Crippen LogP) is 2.83. The van der Waals surface area contributed by atoms with Crippen molar-refractivity contribution < 1.29 is 9.90 Å². The van der Waals surface area contributed by atoms with E-state index in [9.17, 15) is 9.90 Å². The summed E-state index contributed by atoms with van der Waals surface area (Å²) >= 11 is 3.20. The normalized spacial score (nSPS) is 22.1. The number of nitrogens with one attached hydrogen (secondary N) is 1. The molecule has 6 heteroatoms. The number of carbonyl (C=O) groups is 1.